The molecule has 0 saturated heterocycles. The summed E-state index contributed by atoms with van der Waals surface area (Å²) in [6, 6.07) is 13.3. The third-order valence-corrected chi connectivity index (χ3v) is 5.18. The standard InChI is InChI=1S/C22H22N2O4/c1-23-19(25)13-24(12-14-5-7-15(8-6-14)16-9-10-16)22(27)18-4-2-3-17-11-20(26)28-21(17)18/h2-8,16H,9-13H2,1H3,(H,23,25). The maximum atomic E-state index is 13.2. The van der Waals surface area contributed by atoms with E-state index >= 15 is 0 Å². The first-order valence-electron chi connectivity index (χ1n) is 9.46. The van der Waals surface area contributed by atoms with E-state index in [2.05, 4.69) is 17.4 Å². The Morgan fingerprint density at radius 2 is 1.89 bits per heavy atom. The van der Waals surface area contributed by atoms with Crippen LogP contribution in [0.25, 0.3) is 0 Å². The molecule has 2 aromatic carbocycles. The Labute approximate surface area is 163 Å². The van der Waals surface area contributed by atoms with Crippen LogP contribution in [0.1, 0.15) is 45.8 Å². The smallest absolute Gasteiger partial charge is 0.315 e. The van der Waals surface area contributed by atoms with Gasteiger partial charge in [-0.2, -0.15) is 0 Å². The van der Waals surface area contributed by atoms with Gasteiger partial charge in [-0.25, -0.2) is 0 Å². The maximum absolute atomic E-state index is 13.2. The number of ether oxygens (including phenoxy) is 1. The molecule has 0 bridgehead atoms. The molecular formula is C22H22N2O4. The van der Waals surface area contributed by atoms with Crippen LogP contribution in [0.4, 0.5) is 0 Å². The lowest BCUT2D eigenvalue weighted by molar-refractivity contribution is -0.132. The van der Waals surface area contributed by atoms with E-state index in [4.69, 9.17) is 4.74 Å². The van der Waals surface area contributed by atoms with Gasteiger partial charge in [-0.3, -0.25) is 14.4 Å². The maximum Gasteiger partial charge on any atom is 0.315 e. The summed E-state index contributed by atoms with van der Waals surface area (Å²) in [6.07, 6.45) is 2.63. The molecule has 1 aliphatic heterocycles. The van der Waals surface area contributed by atoms with Crippen LogP contribution < -0.4 is 10.1 Å². The van der Waals surface area contributed by atoms with Gasteiger partial charge in [0.2, 0.25) is 5.91 Å². The van der Waals surface area contributed by atoms with Crippen molar-refractivity contribution in [2.45, 2.75) is 31.7 Å². The predicted molar refractivity (Wildman–Crippen MR) is 103 cm³/mol. The monoisotopic (exact) mass is 378 g/mol. The summed E-state index contributed by atoms with van der Waals surface area (Å²) in [4.78, 5) is 38.3. The highest BCUT2D eigenvalue weighted by molar-refractivity contribution is 6.01. The minimum Gasteiger partial charge on any atom is -0.425 e. The van der Waals surface area contributed by atoms with E-state index in [-0.39, 0.29) is 30.7 Å². The van der Waals surface area contributed by atoms with Crippen molar-refractivity contribution in [3.8, 4) is 5.75 Å². The van der Waals surface area contributed by atoms with Crippen molar-refractivity contribution in [3.05, 3.63) is 64.7 Å². The van der Waals surface area contributed by atoms with Crippen LogP contribution in [-0.2, 0) is 22.6 Å². The van der Waals surface area contributed by atoms with Crippen molar-refractivity contribution in [2.24, 2.45) is 0 Å². The first-order chi connectivity index (χ1) is 13.5. The van der Waals surface area contributed by atoms with Crippen LogP contribution in [0, 0.1) is 0 Å². The number of rotatable bonds is 6. The first-order valence-corrected chi connectivity index (χ1v) is 9.46. The average Bonchev–Trinajstić information content (AvgIpc) is 3.47. The van der Waals surface area contributed by atoms with Gasteiger partial charge in [-0.15, -0.1) is 0 Å². The molecule has 1 heterocycles. The van der Waals surface area contributed by atoms with E-state index in [0.717, 1.165) is 5.56 Å². The second-order valence-corrected chi connectivity index (χ2v) is 7.29. The molecule has 6 heteroatoms. The fourth-order valence-corrected chi connectivity index (χ4v) is 3.47. The summed E-state index contributed by atoms with van der Waals surface area (Å²) in [5.74, 6) is 0.0143. The normalized spacial score (nSPS) is 15.0. The summed E-state index contributed by atoms with van der Waals surface area (Å²) < 4.78 is 5.25. The van der Waals surface area contributed by atoms with Crippen molar-refractivity contribution in [2.75, 3.05) is 13.6 Å². The van der Waals surface area contributed by atoms with Gasteiger partial charge in [0, 0.05) is 19.2 Å². The molecule has 4 rings (SSSR count). The van der Waals surface area contributed by atoms with Crippen molar-refractivity contribution < 1.29 is 19.1 Å². The van der Waals surface area contributed by atoms with Crippen LogP contribution in [0.2, 0.25) is 0 Å². The number of likely N-dealkylation sites (N-methyl/N-ethyl adjacent to an activating group) is 1. The van der Waals surface area contributed by atoms with Crippen LogP contribution in [0.5, 0.6) is 5.75 Å². The van der Waals surface area contributed by atoms with E-state index in [1.165, 1.54) is 30.4 Å². The molecular weight excluding hydrogens is 356 g/mol. The second kappa shape index (κ2) is 7.46. The summed E-state index contributed by atoms with van der Waals surface area (Å²) in [7, 11) is 1.54. The molecule has 0 atom stereocenters. The van der Waals surface area contributed by atoms with Crippen molar-refractivity contribution in [1.29, 1.82) is 0 Å². The highest BCUT2D eigenvalue weighted by Gasteiger charge is 2.29. The molecule has 144 valence electrons. The molecule has 0 unspecified atom stereocenters. The fraction of sp³-hybridized carbons (Fsp3) is 0.318. The molecule has 0 spiro atoms. The lowest BCUT2D eigenvalue weighted by Gasteiger charge is -2.23. The number of para-hydroxylation sites is 1. The van der Waals surface area contributed by atoms with Crippen LogP contribution in [0.3, 0.4) is 0 Å². The van der Waals surface area contributed by atoms with Gasteiger partial charge >= 0.3 is 5.97 Å². The van der Waals surface area contributed by atoms with Crippen molar-refractivity contribution in [3.63, 3.8) is 0 Å². The van der Waals surface area contributed by atoms with E-state index in [9.17, 15) is 14.4 Å². The second-order valence-electron chi connectivity index (χ2n) is 7.29. The number of fused-ring (bicyclic) bond motifs is 1. The molecule has 1 N–H and O–H groups in total. The van der Waals surface area contributed by atoms with Gasteiger partial charge in [0.1, 0.15) is 12.3 Å². The van der Waals surface area contributed by atoms with E-state index in [1.807, 2.05) is 12.1 Å². The zero-order valence-corrected chi connectivity index (χ0v) is 15.7. The summed E-state index contributed by atoms with van der Waals surface area (Å²) in [5.41, 5.74) is 3.28. The lowest BCUT2D eigenvalue weighted by atomic mass is 10.1. The SMILES string of the molecule is CNC(=O)CN(Cc1ccc(C2CC2)cc1)C(=O)c1cccc2c1OC(=O)C2. The molecule has 0 radical (unpaired) electrons. The lowest BCUT2D eigenvalue weighted by Crippen LogP contribution is -2.39. The van der Waals surface area contributed by atoms with Gasteiger partial charge in [0.25, 0.3) is 5.91 Å². The summed E-state index contributed by atoms with van der Waals surface area (Å²) in [6.45, 7) is 0.228. The number of carbonyl (C=O) groups is 3. The molecule has 2 aliphatic rings. The topological polar surface area (TPSA) is 75.7 Å². The number of nitrogens with one attached hydrogen (secondary N) is 1. The Morgan fingerprint density at radius 3 is 2.57 bits per heavy atom. The van der Waals surface area contributed by atoms with Gasteiger partial charge < -0.3 is 15.0 Å². The summed E-state index contributed by atoms with van der Waals surface area (Å²) >= 11 is 0. The van der Waals surface area contributed by atoms with Crippen molar-refractivity contribution >= 4 is 17.8 Å². The Balaban J connectivity index is 1.59. The van der Waals surface area contributed by atoms with Crippen molar-refractivity contribution in [1.82, 2.24) is 10.2 Å². The predicted octanol–water partition coefficient (Wildman–Crippen LogP) is 2.41. The van der Waals surface area contributed by atoms with E-state index < -0.39 is 0 Å². The van der Waals surface area contributed by atoms with E-state index in [0.29, 0.717) is 29.3 Å². The molecule has 1 saturated carbocycles. The van der Waals surface area contributed by atoms with E-state index in [1.54, 1.807) is 18.2 Å². The number of carbonyl (C=O) groups excluding carboxylic acids is 3. The minimum absolute atomic E-state index is 0.0721. The molecule has 0 aromatic heterocycles. The Hall–Kier alpha value is -3.15. The largest absolute Gasteiger partial charge is 0.425 e. The summed E-state index contributed by atoms with van der Waals surface area (Å²) in [5, 5.41) is 2.56. The van der Waals surface area contributed by atoms with Gasteiger partial charge in [-0.05, 0) is 36.0 Å². The number of amides is 2. The third kappa shape index (κ3) is 3.76. The van der Waals surface area contributed by atoms with Crippen LogP contribution in [-0.4, -0.2) is 36.3 Å². The van der Waals surface area contributed by atoms with Crippen LogP contribution >= 0.6 is 0 Å². The highest BCUT2D eigenvalue weighted by atomic mass is 16.5. The van der Waals surface area contributed by atoms with Gasteiger partial charge in [0.15, 0.2) is 0 Å². The Bertz CT molecular complexity index is 932. The highest BCUT2D eigenvalue weighted by Crippen LogP contribution is 2.40. The minimum atomic E-state index is -0.372. The fourth-order valence-electron chi connectivity index (χ4n) is 3.47. The number of hydrogen-bond acceptors (Lipinski definition) is 4. The molecule has 6 nitrogen and oxygen atoms in total. The van der Waals surface area contributed by atoms with Crippen LogP contribution in [0.15, 0.2) is 42.5 Å². The number of hydrogen-bond donors (Lipinski definition) is 1. The average molecular weight is 378 g/mol. The number of nitrogens with zero attached hydrogens (tertiary/aromatic N) is 1. The number of benzene rings is 2. The molecule has 2 amide bonds. The molecule has 2 aromatic rings. The Kier molecular flexibility index (Phi) is 4.86. The van der Waals surface area contributed by atoms with Gasteiger partial charge in [-0.1, -0.05) is 36.4 Å². The first kappa shape index (κ1) is 18.2. The molecule has 1 fully saturated rings. The molecule has 28 heavy (non-hydrogen) atoms. The number of esters is 1. The quantitative estimate of drug-likeness (QED) is 0.619. The van der Waals surface area contributed by atoms with Gasteiger partial charge in [0.05, 0.1) is 12.0 Å². The Morgan fingerprint density at radius 1 is 1.14 bits per heavy atom. The third-order valence-electron chi connectivity index (χ3n) is 5.18. The zero-order chi connectivity index (χ0) is 19.7. The zero-order valence-electron chi connectivity index (χ0n) is 15.7. The molecule has 1 aliphatic carbocycles.